The van der Waals surface area contributed by atoms with Gasteiger partial charge in [0.1, 0.15) is 5.76 Å². The molecule has 0 unspecified atom stereocenters. The summed E-state index contributed by atoms with van der Waals surface area (Å²) in [4.78, 5) is 7.29. The van der Waals surface area contributed by atoms with Crippen molar-refractivity contribution < 1.29 is 14.0 Å². The summed E-state index contributed by atoms with van der Waals surface area (Å²) >= 11 is 0. The highest BCUT2D eigenvalue weighted by Crippen LogP contribution is 2.38. The molecule has 7 nitrogen and oxygen atoms in total. The number of ether oxygens (including phenoxy) is 2. The molecule has 0 saturated carbocycles. The molecule has 3 heterocycles. The molecule has 0 aliphatic heterocycles. The van der Waals surface area contributed by atoms with Gasteiger partial charge in [-0.25, -0.2) is 4.98 Å². The van der Waals surface area contributed by atoms with Gasteiger partial charge in [0.2, 0.25) is 0 Å². The molecule has 0 saturated heterocycles. The molecule has 0 aliphatic rings. The molecule has 0 aliphatic carbocycles. The van der Waals surface area contributed by atoms with E-state index in [9.17, 15) is 0 Å². The van der Waals surface area contributed by atoms with Crippen molar-refractivity contribution in [2.24, 2.45) is 0 Å². The molecule has 0 fully saturated rings. The number of aryl methyl sites for hydroxylation is 3. The summed E-state index contributed by atoms with van der Waals surface area (Å²) in [5.41, 5.74) is 6.81. The number of hydrogen-bond donors (Lipinski definition) is 0. The van der Waals surface area contributed by atoms with Gasteiger partial charge in [-0.2, -0.15) is 0 Å². The average Bonchev–Trinajstić information content (AvgIpc) is 3.28. The lowest BCUT2D eigenvalue weighted by Crippen LogP contribution is -2.18. The minimum atomic E-state index is 0.673. The third-order valence-corrected chi connectivity index (χ3v) is 5.82. The summed E-state index contributed by atoms with van der Waals surface area (Å²) in [5, 5.41) is 5.25. The van der Waals surface area contributed by atoms with Crippen LogP contribution >= 0.6 is 0 Å². The smallest absolute Gasteiger partial charge is 0.161 e. The van der Waals surface area contributed by atoms with Gasteiger partial charge in [-0.3, -0.25) is 0 Å². The Labute approximate surface area is 188 Å². The zero-order valence-corrected chi connectivity index (χ0v) is 19.8. The van der Waals surface area contributed by atoms with Crippen molar-refractivity contribution in [2.45, 2.75) is 27.3 Å². The van der Waals surface area contributed by atoms with E-state index in [1.165, 1.54) is 5.69 Å². The third-order valence-electron chi connectivity index (χ3n) is 5.82. The van der Waals surface area contributed by atoms with E-state index in [4.69, 9.17) is 19.0 Å². The molecular weight excluding hydrogens is 404 g/mol. The van der Waals surface area contributed by atoms with Crippen LogP contribution in [0.2, 0.25) is 0 Å². The summed E-state index contributed by atoms with van der Waals surface area (Å²) in [6.45, 7) is 7.85. The maximum Gasteiger partial charge on any atom is 0.161 e. The predicted octanol–water partition coefficient (Wildman–Crippen LogP) is 4.86. The molecule has 1 aromatic carbocycles. The molecule has 0 amide bonds. The lowest BCUT2D eigenvalue weighted by atomic mass is 10.0. The number of aromatic nitrogens is 3. The van der Waals surface area contributed by atoms with Crippen molar-refractivity contribution in [3.63, 3.8) is 0 Å². The van der Waals surface area contributed by atoms with Gasteiger partial charge in [0.15, 0.2) is 11.5 Å². The third kappa shape index (κ3) is 3.84. The first-order valence-electron chi connectivity index (χ1n) is 10.6. The monoisotopic (exact) mass is 434 g/mol. The summed E-state index contributed by atoms with van der Waals surface area (Å²) in [5.74, 6) is 2.12. The number of methoxy groups -OCH3 is 2. The van der Waals surface area contributed by atoms with Gasteiger partial charge in [0.25, 0.3) is 0 Å². The van der Waals surface area contributed by atoms with Crippen molar-refractivity contribution in [2.75, 3.05) is 34.9 Å². The standard InChI is InChI=1S/C25H30N4O3/c1-15-12-19-21(29(15)11-10-28(4)5)14-20(24-16(2)27-32-17(24)3)26-25(19)18-8-9-22(30-6)23(13-18)31-7/h8-9,12-14H,10-11H2,1-7H3. The summed E-state index contributed by atoms with van der Waals surface area (Å²) < 4.78 is 18.8. The van der Waals surface area contributed by atoms with Gasteiger partial charge in [-0.1, -0.05) is 5.16 Å². The average molecular weight is 435 g/mol. The van der Waals surface area contributed by atoms with Crippen molar-refractivity contribution in [3.8, 4) is 34.0 Å². The molecule has 0 N–H and O–H groups in total. The largest absolute Gasteiger partial charge is 0.493 e. The Morgan fingerprint density at radius 3 is 2.38 bits per heavy atom. The van der Waals surface area contributed by atoms with E-state index in [2.05, 4.69) is 47.8 Å². The van der Waals surface area contributed by atoms with Crippen molar-refractivity contribution in [1.82, 2.24) is 19.6 Å². The molecule has 0 spiro atoms. The van der Waals surface area contributed by atoms with E-state index in [1.54, 1.807) is 14.2 Å². The Bertz CT molecular complexity index is 1250. The fourth-order valence-electron chi connectivity index (χ4n) is 4.16. The molecule has 32 heavy (non-hydrogen) atoms. The van der Waals surface area contributed by atoms with Gasteiger partial charge < -0.3 is 23.5 Å². The number of nitrogens with zero attached hydrogens (tertiary/aromatic N) is 4. The van der Waals surface area contributed by atoms with Crippen LogP contribution in [-0.2, 0) is 6.54 Å². The number of pyridine rings is 1. The van der Waals surface area contributed by atoms with E-state index in [0.29, 0.717) is 11.5 Å². The molecule has 4 rings (SSSR count). The van der Waals surface area contributed by atoms with Gasteiger partial charge in [0, 0.05) is 29.7 Å². The first kappa shape index (κ1) is 21.9. The van der Waals surface area contributed by atoms with Gasteiger partial charge in [-0.05, 0) is 65.2 Å². The maximum atomic E-state index is 5.56. The number of likely N-dealkylation sites (N-methyl/N-ethyl adjacent to an activating group) is 1. The van der Waals surface area contributed by atoms with E-state index < -0.39 is 0 Å². The highest BCUT2D eigenvalue weighted by atomic mass is 16.5. The Morgan fingerprint density at radius 2 is 1.75 bits per heavy atom. The Kier molecular flexibility index (Phi) is 5.93. The zero-order valence-electron chi connectivity index (χ0n) is 19.8. The lowest BCUT2D eigenvalue weighted by Gasteiger charge is -2.15. The predicted molar refractivity (Wildman–Crippen MR) is 127 cm³/mol. The molecule has 4 aromatic rings. The van der Waals surface area contributed by atoms with Crippen LogP contribution in [0.25, 0.3) is 33.4 Å². The van der Waals surface area contributed by atoms with Crippen LogP contribution in [0.3, 0.4) is 0 Å². The van der Waals surface area contributed by atoms with E-state index in [1.807, 2.05) is 32.0 Å². The number of hydrogen-bond acceptors (Lipinski definition) is 6. The van der Waals surface area contributed by atoms with Crippen LogP contribution in [0.4, 0.5) is 0 Å². The number of benzene rings is 1. The Morgan fingerprint density at radius 1 is 1.00 bits per heavy atom. The van der Waals surface area contributed by atoms with Crippen molar-refractivity contribution >= 4 is 10.9 Å². The molecule has 0 radical (unpaired) electrons. The second-order valence-corrected chi connectivity index (χ2v) is 8.30. The Balaban J connectivity index is 2.00. The highest BCUT2D eigenvalue weighted by molar-refractivity contribution is 5.97. The number of rotatable bonds is 7. The van der Waals surface area contributed by atoms with Crippen molar-refractivity contribution in [1.29, 1.82) is 0 Å². The molecule has 0 atom stereocenters. The fourth-order valence-corrected chi connectivity index (χ4v) is 4.16. The normalized spacial score (nSPS) is 11.5. The molecule has 168 valence electrons. The molecule has 3 aromatic heterocycles. The second kappa shape index (κ2) is 8.67. The van der Waals surface area contributed by atoms with Crippen molar-refractivity contribution in [3.05, 3.63) is 47.5 Å². The van der Waals surface area contributed by atoms with Crippen LogP contribution < -0.4 is 9.47 Å². The van der Waals surface area contributed by atoms with Gasteiger partial charge in [0.05, 0.1) is 42.4 Å². The van der Waals surface area contributed by atoms with Gasteiger partial charge in [-0.15, -0.1) is 0 Å². The molecule has 0 bridgehead atoms. The first-order chi connectivity index (χ1) is 15.3. The minimum Gasteiger partial charge on any atom is -0.493 e. The van der Waals surface area contributed by atoms with Crippen LogP contribution in [0.15, 0.2) is 34.9 Å². The van der Waals surface area contributed by atoms with E-state index in [-0.39, 0.29) is 0 Å². The van der Waals surface area contributed by atoms with Crippen LogP contribution in [-0.4, -0.2) is 54.5 Å². The molecule has 7 heteroatoms. The minimum absolute atomic E-state index is 0.673. The van der Waals surface area contributed by atoms with Gasteiger partial charge >= 0.3 is 0 Å². The molecular formula is C25H30N4O3. The summed E-state index contributed by atoms with van der Waals surface area (Å²) in [6, 6.07) is 10.3. The number of fused-ring (bicyclic) bond motifs is 1. The summed E-state index contributed by atoms with van der Waals surface area (Å²) in [7, 11) is 7.47. The quantitative estimate of drug-likeness (QED) is 0.414. The zero-order chi connectivity index (χ0) is 23.0. The topological polar surface area (TPSA) is 65.6 Å². The van der Waals surface area contributed by atoms with Crippen LogP contribution in [0.1, 0.15) is 17.1 Å². The maximum absolute atomic E-state index is 5.56. The second-order valence-electron chi connectivity index (χ2n) is 8.30. The van der Waals surface area contributed by atoms with Crippen LogP contribution in [0, 0.1) is 20.8 Å². The van der Waals surface area contributed by atoms with E-state index in [0.717, 1.165) is 58.0 Å². The first-order valence-corrected chi connectivity index (χ1v) is 10.6. The van der Waals surface area contributed by atoms with Crippen LogP contribution in [0.5, 0.6) is 11.5 Å². The fraction of sp³-hybridized carbons (Fsp3) is 0.360. The Hall–Kier alpha value is -3.32. The highest BCUT2D eigenvalue weighted by Gasteiger charge is 2.20. The summed E-state index contributed by atoms with van der Waals surface area (Å²) in [6.07, 6.45) is 0. The van der Waals surface area contributed by atoms with E-state index >= 15 is 0 Å². The lowest BCUT2D eigenvalue weighted by molar-refractivity contribution is 0.355. The SMILES string of the molecule is COc1ccc(-c2nc(-c3c(C)noc3C)cc3c2cc(C)n3CCN(C)C)cc1OC.